The first kappa shape index (κ1) is 15.2. The number of pyridine rings is 1. The highest BCUT2D eigenvalue weighted by Gasteiger charge is 2.35. The second-order valence-electron chi connectivity index (χ2n) is 4.79. The van der Waals surface area contributed by atoms with Crippen LogP contribution in [0.25, 0.3) is 0 Å². The molecule has 1 aliphatic heterocycles. The minimum atomic E-state index is -3.36. The van der Waals surface area contributed by atoms with Gasteiger partial charge in [0.15, 0.2) is 9.84 Å². The Morgan fingerprint density at radius 3 is 2.71 bits per heavy atom. The quantitative estimate of drug-likeness (QED) is 0.744. The van der Waals surface area contributed by atoms with Crippen LogP contribution in [0.1, 0.15) is 16.9 Å². The monoisotopic (exact) mass is 314 g/mol. The number of hydrogen-bond acceptors (Lipinski definition) is 5. The topological polar surface area (TPSA) is 125 Å². The van der Waals surface area contributed by atoms with E-state index in [0.717, 1.165) is 0 Å². The lowest BCUT2D eigenvalue weighted by atomic mass is 10.1. The van der Waals surface area contributed by atoms with Gasteiger partial charge in [0.1, 0.15) is 5.69 Å². The van der Waals surface area contributed by atoms with Gasteiger partial charge in [-0.05, 0) is 6.07 Å². The molecule has 1 aliphatic rings. The standard InChI is InChI=1S/C12H14N2O6S/c15-10-3-1-2-9(13-10)12(18)14-4-5-21(19,20)7-8(14)6-11(16)17/h1-3,8H,4-7H2,(H,13,15)(H,16,17). The van der Waals surface area contributed by atoms with Crippen LogP contribution < -0.4 is 5.56 Å². The molecule has 1 aromatic heterocycles. The summed E-state index contributed by atoms with van der Waals surface area (Å²) in [6.07, 6.45) is -0.456. The van der Waals surface area contributed by atoms with Crippen LogP contribution in [0.3, 0.4) is 0 Å². The van der Waals surface area contributed by atoms with Gasteiger partial charge in [0, 0.05) is 12.6 Å². The van der Waals surface area contributed by atoms with E-state index in [1.807, 2.05) is 0 Å². The van der Waals surface area contributed by atoms with Crippen molar-refractivity contribution in [2.45, 2.75) is 12.5 Å². The molecule has 1 fully saturated rings. The number of aromatic amines is 1. The Balaban J connectivity index is 2.29. The van der Waals surface area contributed by atoms with Gasteiger partial charge in [-0.1, -0.05) is 6.07 Å². The maximum absolute atomic E-state index is 12.3. The molecule has 8 nitrogen and oxygen atoms in total. The molecular weight excluding hydrogens is 300 g/mol. The van der Waals surface area contributed by atoms with Crippen LogP contribution in [0.2, 0.25) is 0 Å². The third-order valence-electron chi connectivity index (χ3n) is 3.20. The average molecular weight is 314 g/mol. The lowest BCUT2D eigenvalue weighted by Crippen LogP contribution is -2.52. The van der Waals surface area contributed by atoms with Gasteiger partial charge in [0.25, 0.3) is 5.91 Å². The number of rotatable bonds is 3. The molecular formula is C12H14N2O6S. The summed E-state index contributed by atoms with van der Waals surface area (Å²) in [7, 11) is -3.36. The Kier molecular flexibility index (Phi) is 4.12. The molecule has 0 bridgehead atoms. The molecule has 0 radical (unpaired) electrons. The van der Waals surface area contributed by atoms with Crippen LogP contribution in [-0.2, 0) is 14.6 Å². The van der Waals surface area contributed by atoms with Crippen molar-refractivity contribution in [2.24, 2.45) is 0 Å². The van der Waals surface area contributed by atoms with Crippen molar-refractivity contribution in [3.8, 4) is 0 Å². The zero-order valence-electron chi connectivity index (χ0n) is 11.0. The van der Waals surface area contributed by atoms with E-state index in [2.05, 4.69) is 4.98 Å². The van der Waals surface area contributed by atoms with E-state index in [1.54, 1.807) is 0 Å². The van der Waals surface area contributed by atoms with Crippen molar-refractivity contribution < 1.29 is 23.1 Å². The number of nitrogens with zero attached hydrogens (tertiary/aromatic N) is 1. The molecule has 1 unspecified atom stereocenters. The first-order valence-electron chi connectivity index (χ1n) is 6.21. The van der Waals surface area contributed by atoms with Gasteiger partial charge in [-0.25, -0.2) is 8.42 Å². The van der Waals surface area contributed by atoms with E-state index in [9.17, 15) is 22.8 Å². The van der Waals surface area contributed by atoms with Gasteiger partial charge in [0.2, 0.25) is 5.56 Å². The smallest absolute Gasteiger partial charge is 0.305 e. The van der Waals surface area contributed by atoms with Crippen LogP contribution in [0.15, 0.2) is 23.0 Å². The zero-order valence-corrected chi connectivity index (χ0v) is 11.8. The molecule has 2 heterocycles. The Labute approximate surface area is 120 Å². The number of H-pyrrole nitrogens is 1. The number of carbonyl (C=O) groups excluding carboxylic acids is 1. The van der Waals surface area contributed by atoms with Crippen LogP contribution in [0.5, 0.6) is 0 Å². The molecule has 114 valence electrons. The maximum atomic E-state index is 12.3. The highest BCUT2D eigenvalue weighted by atomic mass is 32.2. The minimum Gasteiger partial charge on any atom is -0.481 e. The fraction of sp³-hybridized carbons (Fsp3) is 0.417. The maximum Gasteiger partial charge on any atom is 0.305 e. The highest BCUT2D eigenvalue weighted by Crippen LogP contribution is 2.17. The summed E-state index contributed by atoms with van der Waals surface area (Å²) in [5.74, 6) is -2.36. The van der Waals surface area contributed by atoms with Gasteiger partial charge in [0.05, 0.1) is 24.0 Å². The summed E-state index contributed by atoms with van der Waals surface area (Å²) < 4.78 is 23.2. The number of aromatic nitrogens is 1. The summed E-state index contributed by atoms with van der Waals surface area (Å²) >= 11 is 0. The van der Waals surface area contributed by atoms with E-state index < -0.39 is 39.7 Å². The lowest BCUT2D eigenvalue weighted by Gasteiger charge is -2.34. The largest absolute Gasteiger partial charge is 0.481 e. The summed E-state index contributed by atoms with van der Waals surface area (Å²) in [5, 5.41) is 8.86. The van der Waals surface area contributed by atoms with Gasteiger partial charge in [-0.15, -0.1) is 0 Å². The third-order valence-corrected chi connectivity index (χ3v) is 4.90. The summed E-state index contributed by atoms with van der Waals surface area (Å²) in [6.45, 7) is -0.0873. The fourth-order valence-electron chi connectivity index (χ4n) is 2.25. The first-order chi connectivity index (χ1) is 9.78. The second-order valence-corrected chi connectivity index (χ2v) is 7.02. The molecule has 0 saturated carbocycles. The van der Waals surface area contributed by atoms with Crippen LogP contribution in [-0.4, -0.2) is 59.4 Å². The van der Waals surface area contributed by atoms with Gasteiger partial charge in [-0.3, -0.25) is 14.4 Å². The van der Waals surface area contributed by atoms with Crippen molar-refractivity contribution in [2.75, 3.05) is 18.1 Å². The molecule has 0 spiro atoms. The molecule has 1 amide bonds. The van der Waals surface area contributed by atoms with Crippen molar-refractivity contribution in [1.82, 2.24) is 9.88 Å². The van der Waals surface area contributed by atoms with Crippen molar-refractivity contribution >= 4 is 21.7 Å². The second kappa shape index (κ2) is 5.68. The van der Waals surface area contributed by atoms with Crippen LogP contribution in [0, 0.1) is 0 Å². The molecule has 2 N–H and O–H groups in total. The SMILES string of the molecule is O=C(O)CC1CS(=O)(=O)CCN1C(=O)c1cccc(=O)[nH]1. The van der Waals surface area contributed by atoms with Gasteiger partial charge < -0.3 is 15.0 Å². The Bertz CT molecular complexity index is 723. The summed E-state index contributed by atoms with van der Waals surface area (Å²) in [4.78, 5) is 37.9. The van der Waals surface area contributed by atoms with Crippen LogP contribution >= 0.6 is 0 Å². The molecule has 9 heteroatoms. The van der Waals surface area contributed by atoms with Crippen LogP contribution in [0.4, 0.5) is 0 Å². The number of aliphatic carboxylic acids is 1. The Hall–Kier alpha value is -2.16. The predicted octanol–water partition coefficient (Wildman–Crippen LogP) is -0.911. The summed E-state index contributed by atoms with van der Waals surface area (Å²) in [5.41, 5.74) is -0.447. The van der Waals surface area contributed by atoms with Crippen molar-refractivity contribution in [3.63, 3.8) is 0 Å². The molecule has 0 aromatic carbocycles. The molecule has 1 atom stereocenters. The van der Waals surface area contributed by atoms with E-state index in [-0.39, 0.29) is 23.7 Å². The van der Waals surface area contributed by atoms with E-state index >= 15 is 0 Å². The first-order valence-corrected chi connectivity index (χ1v) is 8.03. The third kappa shape index (κ3) is 3.69. The van der Waals surface area contributed by atoms with Crippen molar-refractivity contribution in [1.29, 1.82) is 0 Å². The van der Waals surface area contributed by atoms with Crippen molar-refractivity contribution in [3.05, 3.63) is 34.2 Å². The predicted molar refractivity (Wildman–Crippen MR) is 72.8 cm³/mol. The Morgan fingerprint density at radius 1 is 1.38 bits per heavy atom. The highest BCUT2D eigenvalue weighted by molar-refractivity contribution is 7.91. The van der Waals surface area contributed by atoms with Gasteiger partial charge in [-0.2, -0.15) is 0 Å². The Morgan fingerprint density at radius 2 is 2.10 bits per heavy atom. The molecule has 1 saturated heterocycles. The van der Waals surface area contributed by atoms with Gasteiger partial charge >= 0.3 is 5.97 Å². The molecule has 0 aliphatic carbocycles. The number of amides is 1. The van der Waals surface area contributed by atoms with E-state index in [1.165, 1.54) is 23.1 Å². The lowest BCUT2D eigenvalue weighted by molar-refractivity contribution is -0.138. The number of hydrogen-bond donors (Lipinski definition) is 2. The average Bonchev–Trinajstić information content (AvgIpc) is 2.36. The van der Waals surface area contributed by atoms with E-state index in [0.29, 0.717) is 0 Å². The molecule has 2 rings (SSSR count). The zero-order chi connectivity index (χ0) is 15.6. The number of sulfone groups is 1. The fourth-order valence-corrected chi connectivity index (χ4v) is 3.78. The number of nitrogens with one attached hydrogen (secondary N) is 1. The number of carboxylic acid groups (broad SMARTS) is 1. The minimum absolute atomic E-state index is 0.0113. The molecule has 21 heavy (non-hydrogen) atoms. The normalized spacial score (nSPS) is 21.0. The molecule has 1 aromatic rings. The number of carbonyl (C=O) groups is 2. The van der Waals surface area contributed by atoms with E-state index in [4.69, 9.17) is 5.11 Å². The number of carboxylic acids is 1. The summed E-state index contributed by atoms with van der Waals surface area (Å²) in [6, 6.07) is 3.10.